The second kappa shape index (κ2) is 21.5. The molecular formula is C46H69N7O6S. The summed E-state index contributed by atoms with van der Waals surface area (Å²) in [4.78, 5) is 41.8. The summed E-state index contributed by atoms with van der Waals surface area (Å²) in [5, 5.41) is 22.2. The van der Waals surface area contributed by atoms with Crippen molar-refractivity contribution < 1.29 is 28.9 Å². The van der Waals surface area contributed by atoms with Crippen molar-refractivity contribution in [1.29, 1.82) is 5.26 Å². The van der Waals surface area contributed by atoms with E-state index in [9.17, 15) is 20.0 Å². The largest absolute Gasteiger partial charge is 0.444 e. The molecule has 0 aliphatic carbocycles. The Balaban J connectivity index is 1.63. The van der Waals surface area contributed by atoms with Gasteiger partial charge in [-0.3, -0.25) is 9.80 Å². The van der Waals surface area contributed by atoms with Crippen LogP contribution in [0.3, 0.4) is 0 Å². The Morgan fingerprint density at radius 1 is 0.850 bits per heavy atom. The van der Waals surface area contributed by atoms with Crippen molar-refractivity contribution >= 4 is 51.1 Å². The summed E-state index contributed by atoms with van der Waals surface area (Å²) >= 11 is 1.52. The van der Waals surface area contributed by atoms with Gasteiger partial charge in [-0.1, -0.05) is 18.2 Å². The molecule has 1 aliphatic rings. The van der Waals surface area contributed by atoms with Crippen LogP contribution in [0.15, 0.2) is 42.5 Å². The van der Waals surface area contributed by atoms with Crippen LogP contribution in [0.25, 0.3) is 21.9 Å². The molecule has 0 spiro atoms. The predicted molar refractivity (Wildman–Crippen MR) is 242 cm³/mol. The van der Waals surface area contributed by atoms with Gasteiger partial charge in [0.05, 0.1) is 21.4 Å². The molecule has 1 aromatic heterocycles. The number of allylic oxidation sites excluding steroid dienone is 1. The van der Waals surface area contributed by atoms with E-state index in [0.717, 1.165) is 53.0 Å². The first kappa shape index (κ1) is 48.4. The third-order valence-corrected chi connectivity index (χ3v) is 11.0. The number of nitrogens with zero attached hydrogens (tertiary/aromatic N) is 7. The van der Waals surface area contributed by atoms with E-state index in [1.165, 1.54) is 11.3 Å². The van der Waals surface area contributed by atoms with Crippen molar-refractivity contribution in [2.45, 2.75) is 112 Å². The number of hydrogen-bond donors (Lipinski definition) is 1. The molecule has 330 valence electrons. The molecule has 1 unspecified atom stereocenters. The highest BCUT2D eigenvalue weighted by Gasteiger charge is 2.30. The fraction of sp³-hybridized carbons (Fsp3) is 0.609. The summed E-state index contributed by atoms with van der Waals surface area (Å²) in [6, 6.07) is 16.8. The molecule has 3 aromatic rings. The van der Waals surface area contributed by atoms with E-state index in [1.807, 2.05) is 92.7 Å². The van der Waals surface area contributed by atoms with Crippen LogP contribution in [0.1, 0.15) is 98.7 Å². The highest BCUT2D eigenvalue weighted by Crippen LogP contribution is 2.30. The van der Waals surface area contributed by atoms with Gasteiger partial charge in [-0.05, 0) is 137 Å². The third kappa shape index (κ3) is 15.3. The molecule has 14 heteroatoms. The van der Waals surface area contributed by atoms with Crippen LogP contribution in [0.5, 0.6) is 0 Å². The van der Waals surface area contributed by atoms with Gasteiger partial charge in [0.15, 0.2) is 0 Å². The average Bonchev–Trinajstić information content (AvgIpc) is 3.58. The van der Waals surface area contributed by atoms with E-state index in [-0.39, 0.29) is 13.1 Å². The fourth-order valence-electron chi connectivity index (χ4n) is 6.84. The van der Waals surface area contributed by atoms with E-state index in [0.29, 0.717) is 56.4 Å². The second-order valence-corrected chi connectivity index (χ2v) is 19.2. The van der Waals surface area contributed by atoms with E-state index in [1.54, 1.807) is 14.7 Å². The molecule has 0 saturated carbocycles. The zero-order chi connectivity index (χ0) is 44.3. The molecule has 2 aromatic carbocycles. The number of thiazole rings is 1. The molecule has 2 heterocycles. The number of amides is 2. The molecule has 1 N–H and O–H groups in total. The number of rotatable bonds is 11. The molecule has 4 rings (SSSR count). The molecule has 60 heavy (non-hydrogen) atoms. The number of benzene rings is 2. The van der Waals surface area contributed by atoms with Gasteiger partial charge in [0, 0.05) is 71.1 Å². The minimum Gasteiger partial charge on any atom is -0.444 e. The topological polar surface area (TPSA) is 135 Å². The highest BCUT2D eigenvalue weighted by molar-refractivity contribution is 7.19. The smallest absolute Gasteiger partial charge is 0.410 e. The van der Waals surface area contributed by atoms with Gasteiger partial charge < -0.3 is 34.0 Å². The van der Waals surface area contributed by atoms with E-state index in [2.05, 4.69) is 47.9 Å². The van der Waals surface area contributed by atoms with Crippen molar-refractivity contribution in [3.8, 4) is 6.07 Å². The van der Waals surface area contributed by atoms with Crippen LogP contribution in [0.2, 0.25) is 0 Å². The lowest BCUT2D eigenvalue weighted by molar-refractivity contribution is -0.239. The monoisotopic (exact) mass is 848 g/mol. The Kier molecular flexibility index (Phi) is 17.3. The zero-order valence-electron chi connectivity index (χ0n) is 37.9. The van der Waals surface area contributed by atoms with Gasteiger partial charge in [-0.25, -0.2) is 14.6 Å². The predicted octanol–water partition coefficient (Wildman–Crippen LogP) is 8.32. The number of aromatic nitrogens is 1. The number of carbonyl (C=O) groups excluding carboxylic acids is 2. The van der Waals surface area contributed by atoms with Gasteiger partial charge >= 0.3 is 12.2 Å². The Morgan fingerprint density at radius 3 is 1.93 bits per heavy atom. The number of nitriles is 1. The van der Waals surface area contributed by atoms with Crippen LogP contribution in [0, 0.1) is 11.3 Å². The normalized spacial score (nSPS) is 16.5. The molecule has 1 aliphatic heterocycles. The summed E-state index contributed by atoms with van der Waals surface area (Å²) in [5.41, 5.74) is 2.63. The van der Waals surface area contributed by atoms with Gasteiger partial charge in [0.1, 0.15) is 22.3 Å². The average molecular weight is 848 g/mol. The summed E-state index contributed by atoms with van der Waals surface area (Å²) in [6.07, 6.45) is 1.38. The number of fused-ring (bicyclic) bond motifs is 1. The van der Waals surface area contributed by atoms with Crippen LogP contribution in [-0.2, 0) is 20.6 Å². The quantitative estimate of drug-likeness (QED) is 0.148. The van der Waals surface area contributed by atoms with E-state index < -0.39 is 35.4 Å². The van der Waals surface area contributed by atoms with Gasteiger partial charge in [-0.15, -0.1) is 11.3 Å². The molecule has 13 nitrogen and oxygen atoms in total. The Hall–Kier alpha value is -4.26. The summed E-state index contributed by atoms with van der Waals surface area (Å²) in [7, 11) is 0. The number of ether oxygens (including phenoxy) is 3. The summed E-state index contributed by atoms with van der Waals surface area (Å²) in [6.45, 7) is 26.4. The van der Waals surface area contributed by atoms with Gasteiger partial charge in [-0.2, -0.15) is 5.26 Å². The van der Waals surface area contributed by atoms with Crippen LogP contribution in [0.4, 0.5) is 15.3 Å². The molecule has 2 amide bonds. The lowest BCUT2D eigenvalue weighted by Crippen LogP contribution is -2.52. The van der Waals surface area contributed by atoms with Crippen molar-refractivity contribution in [2.75, 3.05) is 76.9 Å². The minimum atomic E-state index is -1.25. The lowest BCUT2D eigenvalue weighted by atomic mass is 9.99. The Morgan fingerprint density at radius 2 is 1.42 bits per heavy atom. The third-order valence-electron chi connectivity index (χ3n) is 9.88. The highest BCUT2D eigenvalue weighted by atomic mass is 32.1. The van der Waals surface area contributed by atoms with Crippen molar-refractivity contribution in [3.05, 3.63) is 58.6 Å². The zero-order valence-corrected chi connectivity index (χ0v) is 38.7. The maximum atomic E-state index is 13.6. The summed E-state index contributed by atoms with van der Waals surface area (Å²) in [5.74, 6) is 0. The maximum Gasteiger partial charge on any atom is 0.410 e. The molecule has 0 bridgehead atoms. The first-order valence-electron chi connectivity index (χ1n) is 21.3. The van der Waals surface area contributed by atoms with Gasteiger partial charge in [0.25, 0.3) is 0 Å². The first-order valence-corrected chi connectivity index (χ1v) is 22.1. The Bertz CT molecular complexity index is 1860. The molecular weight excluding hydrogens is 779 g/mol. The van der Waals surface area contributed by atoms with Crippen LogP contribution >= 0.6 is 11.3 Å². The maximum absolute atomic E-state index is 13.6. The van der Waals surface area contributed by atoms with E-state index >= 15 is 0 Å². The number of carbonyl (C=O) groups is 2. The molecule has 0 radical (unpaired) electrons. The van der Waals surface area contributed by atoms with Crippen molar-refractivity contribution in [1.82, 2.24) is 24.6 Å². The van der Waals surface area contributed by atoms with Crippen molar-refractivity contribution in [2.24, 2.45) is 0 Å². The standard InChI is InChI=1S/C46H69N7O6S/c1-12-50(13-2)37-21-20-35(31-36(33-47)40-48-38-18-14-15-19-39(38)60-40)34(32-37)17-16-22-49-23-25-51(41(54)57-44(3,4)5)27-29-53(43(56)59-46(9,10)11)30-28-52(26-24-49)42(55)58-45(6,7)8/h14-15,18-21,31-32,43,56H,12-13,16-17,22-30H2,1-11H3/b36-31+. The van der Waals surface area contributed by atoms with E-state index in [4.69, 9.17) is 19.2 Å². The number of para-hydroxylation sites is 1. The second-order valence-electron chi connectivity index (χ2n) is 18.2. The number of aryl methyl sites for hydroxylation is 1. The molecule has 1 saturated heterocycles. The SMILES string of the molecule is CCN(CC)c1ccc(/C=C(\C#N)c2nc3ccccc3s2)c(CCCN2CCN(C(=O)OC(C)(C)C)CCN(C(O)OC(C)(C)C)CCN(C(=O)OC(C)(C)C)CC2)c1. The summed E-state index contributed by atoms with van der Waals surface area (Å²) < 4.78 is 18.7. The number of hydrogen-bond acceptors (Lipinski definition) is 12. The number of aliphatic hydroxyl groups is 1. The number of aliphatic hydroxyl groups excluding tert-OH is 1. The molecule has 1 fully saturated rings. The van der Waals surface area contributed by atoms with Gasteiger partial charge in [0.2, 0.25) is 6.41 Å². The Labute approximate surface area is 362 Å². The van der Waals surface area contributed by atoms with Crippen molar-refractivity contribution in [3.63, 3.8) is 0 Å². The van der Waals surface area contributed by atoms with Crippen LogP contribution < -0.4 is 4.90 Å². The minimum absolute atomic E-state index is 0.281. The first-order chi connectivity index (χ1) is 28.2. The fourth-order valence-corrected chi connectivity index (χ4v) is 7.77. The number of anilines is 1. The lowest BCUT2D eigenvalue weighted by Gasteiger charge is -2.37. The van der Waals surface area contributed by atoms with Crippen LogP contribution in [-0.4, -0.2) is 137 Å². The molecule has 1 atom stereocenters.